The molecule has 0 aliphatic carbocycles. The van der Waals surface area contributed by atoms with E-state index in [1.165, 1.54) is 21.7 Å². The van der Waals surface area contributed by atoms with E-state index in [-0.39, 0.29) is 0 Å². The molecule has 0 saturated carbocycles. The molecule has 1 nitrogen and oxygen atoms in total. The summed E-state index contributed by atoms with van der Waals surface area (Å²) in [5, 5.41) is 1.11. The fraction of sp³-hybridized carbons (Fsp3) is 0.273. The van der Waals surface area contributed by atoms with Gasteiger partial charge in [0.1, 0.15) is 0 Å². The monoisotopic (exact) mass is 191 g/mol. The molecule has 0 aromatic heterocycles. The lowest BCUT2D eigenvalue weighted by Crippen LogP contribution is -2.08. The number of anilines is 1. The topological polar surface area (TPSA) is 3.24 Å². The van der Waals surface area contributed by atoms with Gasteiger partial charge in [-0.15, -0.1) is 0 Å². The minimum atomic E-state index is 1.11. The van der Waals surface area contributed by atoms with Gasteiger partial charge in [0, 0.05) is 11.9 Å². The number of thioether (sulfide) groups is 1. The van der Waals surface area contributed by atoms with Crippen LogP contribution in [0, 0.1) is 13.8 Å². The highest BCUT2D eigenvalue weighted by molar-refractivity contribution is 8.03. The van der Waals surface area contributed by atoms with Gasteiger partial charge >= 0.3 is 0 Å². The lowest BCUT2D eigenvalue weighted by Gasteiger charge is -2.13. The van der Waals surface area contributed by atoms with Crippen molar-refractivity contribution in [3.63, 3.8) is 0 Å². The van der Waals surface area contributed by atoms with E-state index in [2.05, 4.69) is 44.5 Å². The molecular formula is C11H13NS. The van der Waals surface area contributed by atoms with Crippen LogP contribution in [0.5, 0.6) is 0 Å². The second kappa shape index (κ2) is 2.81. The Kier molecular flexibility index (Phi) is 1.88. The Morgan fingerprint density at radius 1 is 1.23 bits per heavy atom. The Hall–Kier alpha value is -0.890. The van der Waals surface area contributed by atoms with E-state index in [1.54, 1.807) is 11.8 Å². The van der Waals surface area contributed by atoms with Crippen molar-refractivity contribution in [3.8, 4) is 0 Å². The van der Waals surface area contributed by atoms with Gasteiger partial charge in [0.05, 0.1) is 10.7 Å². The second-order valence-electron chi connectivity index (χ2n) is 3.46. The third-order valence-corrected chi connectivity index (χ3v) is 3.59. The summed E-state index contributed by atoms with van der Waals surface area (Å²) in [4.78, 5) is 3.47. The molecule has 13 heavy (non-hydrogen) atoms. The van der Waals surface area contributed by atoms with E-state index in [0.29, 0.717) is 0 Å². The molecule has 1 aliphatic heterocycles. The van der Waals surface area contributed by atoms with E-state index in [4.69, 9.17) is 0 Å². The maximum absolute atomic E-state index is 4.00. The summed E-state index contributed by atoms with van der Waals surface area (Å²) in [5.74, 6) is 0. The summed E-state index contributed by atoms with van der Waals surface area (Å²) in [7, 11) is 2.07. The maximum Gasteiger partial charge on any atom is 0.0725 e. The SMILES string of the molecule is C=C1Sc2cc(C)c(C)cc2N1C. The molecule has 1 aromatic carbocycles. The van der Waals surface area contributed by atoms with Gasteiger partial charge in [0.15, 0.2) is 0 Å². The highest BCUT2D eigenvalue weighted by Gasteiger charge is 2.20. The van der Waals surface area contributed by atoms with Crippen LogP contribution in [0.1, 0.15) is 11.1 Å². The second-order valence-corrected chi connectivity index (χ2v) is 4.57. The van der Waals surface area contributed by atoms with Crippen molar-refractivity contribution in [1.29, 1.82) is 0 Å². The van der Waals surface area contributed by atoms with Crippen LogP contribution in [-0.4, -0.2) is 7.05 Å². The minimum absolute atomic E-state index is 1.11. The fourth-order valence-corrected chi connectivity index (χ4v) is 2.47. The Bertz CT molecular complexity index is 382. The van der Waals surface area contributed by atoms with Crippen LogP contribution in [0.15, 0.2) is 28.6 Å². The number of benzene rings is 1. The predicted molar refractivity (Wildman–Crippen MR) is 59.3 cm³/mol. The summed E-state index contributed by atoms with van der Waals surface area (Å²) >= 11 is 1.75. The van der Waals surface area contributed by atoms with Gasteiger partial charge in [0.25, 0.3) is 0 Å². The molecule has 0 amide bonds. The molecule has 0 saturated heterocycles. The summed E-state index contributed by atoms with van der Waals surface area (Å²) in [6, 6.07) is 4.47. The zero-order valence-corrected chi connectivity index (χ0v) is 9.03. The third-order valence-electron chi connectivity index (χ3n) is 2.54. The zero-order valence-electron chi connectivity index (χ0n) is 8.22. The summed E-state index contributed by atoms with van der Waals surface area (Å²) in [6.07, 6.45) is 0. The molecule has 0 fully saturated rings. The standard InChI is InChI=1S/C11H13NS/c1-7-5-10-11(6-8(7)2)13-9(3)12(10)4/h5-6H,3H2,1-2,4H3. The average Bonchev–Trinajstić information content (AvgIpc) is 2.32. The molecule has 1 heterocycles. The van der Waals surface area contributed by atoms with E-state index in [1.807, 2.05) is 0 Å². The van der Waals surface area contributed by atoms with Crippen molar-refractivity contribution >= 4 is 17.4 Å². The Balaban J connectivity index is 2.59. The van der Waals surface area contributed by atoms with Crippen LogP contribution < -0.4 is 4.90 Å². The molecule has 0 bridgehead atoms. The van der Waals surface area contributed by atoms with Gasteiger partial charge in [-0.1, -0.05) is 18.3 Å². The number of rotatable bonds is 0. The van der Waals surface area contributed by atoms with Crippen LogP contribution in [0.2, 0.25) is 0 Å². The molecule has 2 heteroatoms. The van der Waals surface area contributed by atoms with Crippen molar-refractivity contribution in [2.45, 2.75) is 18.7 Å². The normalized spacial score (nSPS) is 15.0. The number of aryl methyl sites for hydroxylation is 2. The van der Waals surface area contributed by atoms with Gasteiger partial charge in [-0.2, -0.15) is 0 Å². The summed E-state index contributed by atoms with van der Waals surface area (Å²) in [6.45, 7) is 8.30. The molecule has 2 rings (SSSR count). The first kappa shape index (κ1) is 8.70. The largest absolute Gasteiger partial charge is 0.339 e. The predicted octanol–water partition coefficient (Wildman–Crippen LogP) is 3.32. The molecule has 1 aliphatic rings. The Morgan fingerprint density at radius 3 is 2.54 bits per heavy atom. The smallest absolute Gasteiger partial charge is 0.0725 e. The van der Waals surface area contributed by atoms with E-state index in [9.17, 15) is 0 Å². The first-order valence-corrected chi connectivity index (χ1v) is 5.13. The van der Waals surface area contributed by atoms with E-state index < -0.39 is 0 Å². The average molecular weight is 191 g/mol. The molecule has 1 aromatic rings. The molecular weight excluding hydrogens is 178 g/mol. The van der Waals surface area contributed by atoms with Crippen LogP contribution in [-0.2, 0) is 0 Å². The molecule has 0 unspecified atom stereocenters. The summed E-state index contributed by atoms with van der Waals surface area (Å²) < 4.78 is 0. The number of hydrogen-bond acceptors (Lipinski definition) is 2. The number of hydrogen-bond donors (Lipinski definition) is 0. The number of nitrogens with zero attached hydrogens (tertiary/aromatic N) is 1. The summed E-state index contributed by atoms with van der Waals surface area (Å²) in [5.41, 5.74) is 3.99. The van der Waals surface area contributed by atoms with Crippen LogP contribution >= 0.6 is 11.8 Å². The maximum atomic E-state index is 4.00. The van der Waals surface area contributed by atoms with Gasteiger partial charge < -0.3 is 4.90 Å². The van der Waals surface area contributed by atoms with Gasteiger partial charge in [0.2, 0.25) is 0 Å². The van der Waals surface area contributed by atoms with Gasteiger partial charge in [-0.05, 0) is 37.1 Å². The number of fused-ring (bicyclic) bond motifs is 1. The Morgan fingerprint density at radius 2 is 1.85 bits per heavy atom. The lowest BCUT2D eigenvalue weighted by atomic mass is 10.1. The van der Waals surface area contributed by atoms with E-state index in [0.717, 1.165) is 5.03 Å². The van der Waals surface area contributed by atoms with Crippen molar-refractivity contribution in [3.05, 3.63) is 34.9 Å². The minimum Gasteiger partial charge on any atom is -0.339 e. The highest BCUT2D eigenvalue weighted by atomic mass is 32.2. The molecule has 0 spiro atoms. The van der Waals surface area contributed by atoms with Crippen LogP contribution in [0.25, 0.3) is 0 Å². The van der Waals surface area contributed by atoms with E-state index >= 15 is 0 Å². The van der Waals surface area contributed by atoms with Crippen LogP contribution in [0.4, 0.5) is 5.69 Å². The van der Waals surface area contributed by atoms with Crippen molar-refractivity contribution in [2.24, 2.45) is 0 Å². The highest BCUT2D eigenvalue weighted by Crippen LogP contribution is 2.45. The van der Waals surface area contributed by atoms with Crippen molar-refractivity contribution < 1.29 is 0 Å². The first-order chi connectivity index (χ1) is 6.09. The van der Waals surface area contributed by atoms with Crippen molar-refractivity contribution in [2.75, 3.05) is 11.9 Å². The molecule has 0 atom stereocenters. The fourth-order valence-electron chi connectivity index (χ4n) is 1.45. The molecule has 0 radical (unpaired) electrons. The first-order valence-electron chi connectivity index (χ1n) is 4.31. The third kappa shape index (κ3) is 1.25. The van der Waals surface area contributed by atoms with Gasteiger partial charge in [-0.3, -0.25) is 0 Å². The van der Waals surface area contributed by atoms with Crippen molar-refractivity contribution in [1.82, 2.24) is 0 Å². The molecule has 0 N–H and O–H groups in total. The quantitative estimate of drug-likeness (QED) is 0.619. The Labute approximate surface area is 83.4 Å². The zero-order chi connectivity index (χ0) is 9.59. The van der Waals surface area contributed by atoms with Crippen LogP contribution in [0.3, 0.4) is 0 Å². The van der Waals surface area contributed by atoms with Gasteiger partial charge in [-0.25, -0.2) is 0 Å². The molecule has 68 valence electrons. The lowest BCUT2D eigenvalue weighted by molar-refractivity contribution is 1.16.